The van der Waals surface area contributed by atoms with E-state index in [0.29, 0.717) is 30.7 Å². The maximum atomic E-state index is 14.5. The first kappa shape index (κ1) is 23.7. The molecule has 1 amide bonds. The first-order valence-corrected chi connectivity index (χ1v) is 11.0. The predicted molar refractivity (Wildman–Crippen MR) is 117 cm³/mol. The number of carbonyl (C=O) groups excluding carboxylic acids is 1. The van der Waals surface area contributed by atoms with Crippen molar-refractivity contribution in [2.75, 3.05) is 36.0 Å². The number of aliphatic hydroxyl groups excluding tert-OH is 1. The Labute approximate surface area is 194 Å². The molecule has 0 aliphatic carbocycles. The predicted octanol–water partition coefficient (Wildman–Crippen LogP) is 3.44. The van der Waals surface area contributed by atoms with Gasteiger partial charge in [0.05, 0.1) is 5.69 Å². The maximum absolute atomic E-state index is 14.5. The lowest BCUT2D eigenvalue weighted by molar-refractivity contribution is -0.116. The van der Waals surface area contributed by atoms with E-state index in [2.05, 4.69) is 0 Å². The number of rotatable bonds is 4. The van der Waals surface area contributed by atoms with Gasteiger partial charge in [-0.1, -0.05) is 11.6 Å². The minimum atomic E-state index is -1.69. The van der Waals surface area contributed by atoms with E-state index in [1.54, 1.807) is 0 Å². The second-order valence-electron chi connectivity index (χ2n) is 8.47. The molecule has 10 heteroatoms. The Bertz CT molecular complexity index is 1060. The molecule has 0 aromatic heterocycles. The van der Waals surface area contributed by atoms with E-state index in [-0.39, 0.29) is 48.4 Å². The summed E-state index contributed by atoms with van der Waals surface area (Å²) in [5.74, 6) is -2.22. The van der Waals surface area contributed by atoms with Crippen molar-refractivity contribution in [1.29, 1.82) is 0 Å². The fourth-order valence-corrected chi connectivity index (χ4v) is 4.67. The van der Waals surface area contributed by atoms with Gasteiger partial charge in [0.15, 0.2) is 11.6 Å². The molecule has 1 fully saturated rings. The van der Waals surface area contributed by atoms with Crippen molar-refractivity contribution in [2.24, 2.45) is 0 Å². The highest BCUT2D eigenvalue weighted by Gasteiger charge is 2.43. The van der Waals surface area contributed by atoms with Crippen LogP contribution in [0.2, 0.25) is 5.02 Å². The molecule has 2 atom stereocenters. The third kappa shape index (κ3) is 4.49. The molecule has 2 aromatic carbocycles. The topological polar surface area (TPSA) is 73.2 Å². The molecule has 1 saturated heterocycles. The Hall–Kier alpha value is -2.49. The summed E-state index contributed by atoms with van der Waals surface area (Å²) in [6.07, 6.45) is -0.271. The van der Waals surface area contributed by atoms with E-state index in [1.807, 2.05) is 0 Å². The van der Waals surface area contributed by atoms with Gasteiger partial charge in [-0.2, -0.15) is 0 Å². The average Bonchev–Trinajstić information content (AvgIpc) is 2.75. The number of carbonyl (C=O) groups is 1. The SMILES string of the molecule is CC(=O)N1CCCc2c(OC[C@]3(O)CCN(c4c(F)cc(Cl)cc4F)C[C@H]3O)ccc(F)c21. The van der Waals surface area contributed by atoms with Gasteiger partial charge < -0.3 is 24.7 Å². The molecule has 0 bridgehead atoms. The molecule has 33 heavy (non-hydrogen) atoms. The molecule has 2 aliphatic heterocycles. The minimum absolute atomic E-state index is 0.0291. The van der Waals surface area contributed by atoms with E-state index in [1.165, 1.54) is 28.9 Å². The van der Waals surface area contributed by atoms with Crippen molar-refractivity contribution in [2.45, 2.75) is 37.9 Å². The van der Waals surface area contributed by atoms with Crippen molar-refractivity contribution in [3.63, 3.8) is 0 Å². The van der Waals surface area contributed by atoms with Crippen LogP contribution in [0.3, 0.4) is 0 Å². The number of aliphatic hydroxyl groups is 2. The fraction of sp³-hybridized carbons (Fsp3) is 0.435. The molecule has 6 nitrogen and oxygen atoms in total. The van der Waals surface area contributed by atoms with Crippen LogP contribution in [-0.2, 0) is 11.2 Å². The summed E-state index contributed by atoms with van der Waals surface area (Å²) in [6, 6.07) is 4.60. The molecule has 2 aliphatic rings. The van der Waals surface area contributed by atoms with Crippen LogP contribution >= 0.6 is 11.6 Å². The highest BCUT2D eigenvalue weighted by Crippen LogP contribution is 2.38. The first-order chi connectivity index (χ1) is 15.6. The van der Waals surface area contributed by atoms with Crippen LogP contribution in [0.4, 0.5) is 24.5 Å². The Morgan fingerprint density at radius 2 is 1.88 bits per heavy atom. The van der Waals surface area contributed by atoms with Crippen molar-refractivity contribution in [1.82, 2.24) is 0 Å². The van der Waals surface area contributed by atoms with Gasteiger partial charge in [-0.25, -0.2) is 13.2 Å². The lowest BCUT2D eigenvalue weighted by Crippen LogP contribution is -2.58. The van der Waals surface area contributed by atoms with Crippen molar-refractivity contribution in [3.8, 4) is 5.75 Å². The number of hydrogen-bond acceptors (Lipinski definition) is 5. The third-order valence-corrected chi connectivity index (χ3v) is 6.47. The number of nitrogens with zero attached hydrogens (tertiary/aromatic N) is 2. The Kier molecular flexibility index (Phi) is 6.48. The van der Waals surface area contributed by atoms with Gasteiger partial charge in [0, 0.05) is 37.1 Å². The number of β-amino-alcohol motifs (C(OH)–C–C–N with tert-alkyl or cyclic N) is 1. The van der Waals surface area contributed by atoms with Crippen molar-refractivity contribution >= 4 is 28.9 Å². The van der Waals surface area contributed by atoms with E-state index in [4.69, 9.17) is 16.3 Å². The lowest BCUT2D eigenvalue weighted by Gasteiger charge is -2.43. The number of anilines is 2. The van der Waals surface area contributed by atoms with Gasteiger partial charge in [-0.15, -0.1) is 0 Å². The normalized spacial score (nSPS) is 22.8. The summed E-state index contributed by atoms with van der Waals surface area (Å²) in [7, 11) is 0. The number of halogens is 4. The van der Waals surface area contributed by atoms with Gasteiger partial charge in [-0.3, -0.25) is 4.79 Å². The molecule has 4 rings (SSSR count). The van der Waals surface area contributed by atoms with E-state index < -0.39 is 29.2 Å². The van der Waals surface area contributed by atoms with Gasteiger partial charge >= 0.3 is 0 Å². The summed E-state index contributed by atoms with van der Waals surface area (Å²) in [6.45, 7) is 1.28. The van der Waals surface area contributed by atoms with Gasteiger partial charge in [0.2, 0.25) is 5.91 Å². The summed E-state index contributed by atoms with van der Waals surface area (Å²) in [5, 5.41) is 21.5. The van der Waals surface area contributed by atoms with Crippen molar-refractivity contribution < 1.29 is 32.9 Å². The van der Waals surface area contributed by atoms with E-state index >= 15 is 0 Å². The van der Waals surface area contributed by atoms with Crippen LogP contribution in [0, 0.1) is 17.5 Å². The van der Waals surface area contributed by atoms with Crippen molar-refractivity contribution in [3.05, 3.63) is 52.3 Å². The second-order valence-corrected chi connectivity index (χ2v) is 8.91. The van der Waals surface area contributed by atoms with Crippen LogP contribution < -0.4 is 14.5 Å². The molecule has 0 unspecified atom stereocenters. The zero-order valence-corrected chi connectivity index (χ0v) is 18.7. The molecule has 178 valence electrons. The Morgan fingerprint density at radius 3 is 2.52 bits per heavy atom. The van der Waals surface area contributed by atoms with Gasteiger partial charge in [0.25, 0.3) is 0 Å². The highest BCUT2D eigenvalue weighted by molar-refractivity contribution is 6.30. The minimum Gasteiger partial charge on any atom is -0.490 e. The zero-order valence-electron chi connectivity index (χ0n) is 18.0. The summed E-state index contributed by atoms with van der Waals surface area (Å²) in [4.78, 5) is 14.6. The molecular formula is C23H24ClF3N2O4. The molecule has 0 saturated carbocycles. The van der Waals surface area contributed by atoms with Crippen LogP contribution in [0.25, 0.3) is 0 Å². The molecule has 0 spiro atoms. The van der Waals surface area contributed by atoms with E-state index in [9.17, 15) is 28.2 Å². The second kappa shape index (κ2) is 9.04. The lowest BCUT2D eigenvalue weighted by atomic mass is 9.89. The molecule has 2 aromatic rings. The Morgan fingerprint density at radius 1 is 1.18 bits per heavy atom. The van der Waals surface area contributed by atoms with Crippen LogP contribution in [0.5, 0.6) is 5.75 Å². The van der Waals surface area contributed by atoms with Gasteiger partial charge in [-0.05, 0) is 43.5 Å². The quantitative estimate of drug-likeness (QED) is 0.695. The van der Waals surface area contributed by atoms with Crippen LogP contribution in [0.15, 0.2) is 24.3 Å². The smallest absolute Gasteiger partial charge is 0.223 e. The Balaban J connectivity index is 1.50. The molecular weight excluding hydrogens is 461 g/mol. The summed E-state index contributed by atoms with van der Waals surface area (Å²) < 4.78 is 48.8. The fourth-order valence-electron chi connectivity index (χ4n) is 4.47. The first-order valence-electron chi connectivity index (χ1n) is 10.6. The van der Waals surface area contributed by atoms with E-state index in [0.717, 1.165) is 12.1 Å². The number of amides is 1. The monoisotopic (exact) mass is 484 g/mol. The number of fused-ring (bicyclic) bond motifs is 1. The zero-order chi connectivity index (χ0) is 23.9. The number of ether oxygens (including phenoxy) is 1. The summed E-state index contributed by atoms with van der Waals surface area (Å²) >= 11 is 5.67. The number of hydrogen-bond donors (Lipinski definition) is 2. The van der Waals surface area contributed by atoms with Gasteiger partial charge in [0.1, 0.15) is 35.6 Å². The molecule has 0 radical (unpaired) electrons. The standard InChI is InChI=1S/C23H24ClF3N2O4/c1-13(30)29-7-2-3-15-19(5-4-16(25)21(15)29)33-12-23(32)6-8-28(11-20(23)31)22-17(26)9-14(24)10-18(22)27/h4-5,9-10,20,31-32H,2-3,6-8,11-12H2,1H3/t20-,23-/m1/s1. The highest BCUT2D eigenvalue weighted by atomic mass is 35.5. The number of benzene rings is 2. The number of piperidine rings is 1. The molecule has 2 heterocycles. The third-order valence-electron chi connectivity index (χ3n) is 6.25. The average molecular weight is 485 g/mol. The summed E-state index contributed by atoms with van der Waals surface area (Å²) in [5.41, 5.74) is -1.32. The van der Waals surface area contributed by atoms with Crippen LogP contribution in [-0.4, -0.2) is 54.1 Å². The molecule has 2 N–H and O–H groups in total. The maximum Gasteiger partial charge on any atom is 0.223 e. The largest absolute Gasteiger partial charge is 0.490 e. The van der Waals surface area contributed by atoms with Crippen LogP contribution in [0.1, 0.15) is 25.3 Å².